The maximum atomic E-state index is 14.9. The van der Waals surface area contributed by atoms with Crippen LogP contribution in [0.3, 0.4) is 0 Å². The maximum Gasteiger partial charge on any atom is 0.383 e. The molecule has 0 aromatic heterocycles. The average Bonchev–Trinajstić information content (AvgIpc) is 3.52. The van der Waals surface area contributed by atoms with Crippen LogP contribution in [0.5, 0.6) is 0 Å². The van der Waals surface area contributed by atoms with Crippen LogP contribution in [0.25, 0.3) is 0 Å². The van der Waals surface area contributed by atoms with Crippen LogP contribution >= 0.6 is 58.0 Å². The Bertz CT molecular complexity index is 1640. The van der Waals surface area contributed by atoms with Crippen molar-refractivity contribution in [3.05, 3.63) is 86.4 Å². The van der Waals surface area contributed by atoms with Crippen LogP contribution in [0.15, 0.2) is 48.5 Å². The van der Waals surface area contributed by atoms with Crippen LogP contribution in [-0.4, -0.2) is 34.4 Å². The zero-order valence-corrected chi connectivity index (χ0v) is 24.5. The van der Waals surface area contributed by atoms with Crippen molar-refractivity contribution < 1.29 is 40.7 Å². The fraction of sp³-hybridized carbons (Fsp3) is 0.192. The summed E-state index contributed by atoms with van der Waals surface area (Å²) < 4.78 is 78.9. The number of hydrogen-bond donors (Lipinski definition) is 3. The number of nitrogens with one attached hydrogen (secondary N) is 3. The van der Waals surface area contributed by atoms with Crippen molar-refractivity contribution in [1.29, 1.82) is 0 Å². The Labute approximate surface area is 263 Å². The predicted molar refractivity (Wildman–Crippen MR) is 151 cm³/mol. The van der Waals surface area contributed by atoms with Gasteiger partial charge < -0.3 is 16.0 Å². The van der Waals surface area contributed by atoms with E-state index in [0.29, 0.717) is 17.7 Å². The number of carbonyl (C=O) groups excluding carboxylic acids is 3. The fourth-order valence-corrected chi connectivity index (χ4v) is 5.36. The Morgan fingerprint density at radius 1 is 0.837 bits per heavy atom. The lowest BCUT2D eigenvalue weighted by Crippen LogP contribution is -2.41. The van der Waals surface area contributed by atoms with Crippen molar-refractivity contribution >= 4 is 92.8 Å². The van der Waals surface area contributed by atoms with Gasteiger partial charge in [-0.3, -0.25) is 14.4 Å². The molecule has 3 N–H and O–H groups in total. The quantitative estimate of drug-likeness (QED) is 0.162. The van der Waals surface area contributed by atoms with E-state index in [9.17, 15) is 40.7 Å². The summed E-state index contributed by atoms with van der Waals surface area (Å²) in [6.07, 6.45) is -4.46. The minimum absolute atomic E-state index is 0.0326. The van der Waals surface area contributed by atoms with Gasteiger partial charge in [-0.05, 0) is 48.0 Å². The summed E-state index contributed by atoms with van der Waals surface area (Å²) in [5.74, 6) is -14.6. The summed E-state index contributed by atoms with van der Waals surface area (Å²) >= 11 is 30.8. The standard InChI is InChI=1S/C26H14Cl5F6N3O3/c27-12-4-2-10(38-22(42)18-17(25(18,30)31)9-1-3-13(28)14(29)7-9)8-11(12)21(41)39-16-6-5-15(32)20(19(16)33)40-24(43)26(36,37)23(34)35/h1-8,17-18,23H,(H,38,42)(H,39,41)(H,40,43)/t17-,18+/m0/s1. The van der Waals surface area contributed by atoms with Gasteiger partial charge in [0.05, 0.1) is 32.2 Å². The molecule has 0 saturated heterocycles. The smallest absolute Gasteiger partial charge is 0.326 e. The molecule has 0 unspecified atom stereocenters. The van der Waals surface area contributed by atoms with E-state index >= 15 is 0 Å². The summed E-state index contributed by atoms with van der Waals surface area (Å²) in [6, 6.07) is 9.44. The van der Waals surface area contributed by atoms with Gasteiger partial charge in [-0.1, -0.05) is 40.9 Å². The van der Waals surface area contributed by atoms with Crippen molar-refractivity contribution in [2.75, 3.05) is 16.0 Å². The molecule has 0 spiro atoms. The van der Waals surface area contributed by atoms with E-state index in [1.54, 1.807) is 6.07 Å². The predicted octanol–water partition coefficient (Wildman–Crippen LogP) is 8.54. The molecule has 1 fully saturated rings. The molecule has 2 atom stereocenters. The van der Waals surface area contributed by atoms with Gasteiger partial charge >= 0.3 is 18.3 Å². The molecule has 1 aliphatic rings. The molecule has 228 valence electrons. The molecule has 3 aromatic rings. The van der Waals surface area contributed by atoms with Gasteiger partial charge in [-0.15, -0.1) is 23.2 Å². The van der Waals surface area contributed by atoms with Gasteiger partial charge in [0.25, 0.3) is 5.91 Å². The lowest BCUT2D eigenvalue weighted by molar-refractivity contribution is -0.163. The van der Waals surface area contributed by atoms with Crippen molar-refractivity contribution in [2.45, 2.75) is 22.6 Å². The second-order valence-electron chi connectivity index (χ2n) is 9.10. The van der Waals surface area contributed by atoms with Crippen LogP contribution < -0.4 is 16.0 Å². The molecule has 4 rings (SSSR count). The maximum absolute atomic E-state index is 14.9. The van der Waals surface area contributed by atoms with Crippen LogP contribution in [0, 0.1) is 17.6 Å². The van der Waals surface area contributed by atoms with E-state index in [1.807, 2.05) is 5.32 Å². The first-order chi connectivity index (χ1) is 20.0. The second kappa shape index (κ2) is 12.2. The summed E-state index contributed by atoms with van der Waals surface area (Å²) in [5.41, 5.74) is -2.10. The lowest BCUT2D eigenvalue weighted by Gasteiger charge is -2.17. The average molecular weight is 708 g/mol. The topological polar surface area (TPSA) is 87.3 Å². The number of anilines is 3. The molecule has 6 nitrogen and oxygen atoms in total. The molecule has 3 aromatic carbocycles. The molecule has 1 saturated carbocycles. The van der Waals surface area contributed by atoms with E-state index < -0.39 is 69.2 Å². The molecule has 3 amide bonds. The fourth-order valence-electron chi connectivity index (χ4n) is 4.02. The summed E-state index contributed by atoms with van der Waals surface area (Å²) in [5, 5.41) is 5.92. The highest BCUT2D eigenvalue weighted by Crippen LogP contribution is 2.65. The van der Waals surface area contributed by atoms with E-state index in [-0.39, 0.29) is 26.3 Å². The van der Waals surface area contributed by atoms with E-state index in [2.05, 4.69) is 5.32 Å². The largest absolute Gasteiger partial charge is 0.383 e. The Morgan fingerprint density at radius 3 is 2.12 bits per heavy atom. The molecule has 17 heteroatoms. The number of carbonyl (C=O) groups is 3. The normalized spacial score (nSPS) is 17.4. The molecule has 0 aliphatic heterocycles. The first kappa shape index (κ1) is 33.0. The molecule has 1 aliphatic carbocycles. The van der Waals surface area contributed by atoms with E-state index in [4.69, 9.17) is 58.0 Å². The van der Waals surface area contributed by atoms with Crippen molar-refractivity contribution in [2.24, 2.45) is 5.92 Å². The molecular weight excluding hydrogens is 694 g/mol. The molecule has 0 bridgehead atoms. The number of rotatable bonds is 8. The van der Waals surface area contributed by atoms with Crippen LogP contribution in [-0.2, 0) is 9.59 Å². The summed E-state index contributed by atoms with van der Waals surface area (Å²) in [4.78, 5) is 37.4. The first-order valence-electron chi connectivity index (χ1n) is 11.7. The van der Waals surface area contributed by atoms with Gasteiger partial charge in [0.1, 0.15) is 15.8 Å². The number of amides is 3. The molecular formula is C26H14Cl5F6N3O3. The first-order valence-corrected chi connectivity index (χ1v) is 13.6. The summed E-state index contributed by atoms with van der Waals surface area (Å²) in [7, 11) is 0. The highest BCUT2D eigenvalue weighted by molar-refractivity contribution is 6.53. The Morgan fingerprint density at radius 2 is 1.49 bits per heavy atom. The molecule has 0 radical (unpaired) electrons. The third-order valence-corrected chi connectivity index (χ3v) is 8.28. The van der Waals surface area contributed by atoms with Gasteiger partial charge in [-0.25, -0.2) is 17.6 Å². The lowest BCUT2D eigenvalue weighted by atomic mass is 10.1. The van der Waals surface area contributed by atoms with E-state index in [0.717, 1.165) is 11.4 Å². The Balaban J connectivity index is 1.51. The highest BCUT2D eigenvalue weighted by Gasteiger charge is 2.67. The molecule has 0 heterocycles. The number of halogens is 11. The number of benzene rings is 3. The van der Waals surface area contributed by atoms with Gasteiger partial charge in [0.15, 0.2) is 5.82 Å². The highest BCUT2D eigenvalue weighted by atomic mass is 35.5. The van der Waals surface area contributed by atoms with Gasteiger partial charge in [0.2, 0.25) is 5.91 Å². The van der Waals surface area contributed by atoms with Crippen LogP contribution in [0.2, 0.25) is 15.1 Å². The third-order valence-electron chi connectivity index (χ3n) is 6.27. The third kappa shape index (κ3) is 6.63. The minimum atomic E-state index is -5.26. The van der Waals surface area contributed by atoms with Gasteiger partial charge in [-0.2, -0.15) is 8.78 Å². The van der Waals surface area contributed by atoms with Crippen molar-refractivity contribution in [3.8, 4) is 0 Å². The number of alkyl halides is 6. The van der Waals surface area contributed by atoms with E-state index in [1.165, 1.54) is 24.3 Å². The van der Waals surface area contributed by atoms with Crippen LogP contribution in [0.4, 0.5) is 43.4 Å². The minimum Gasteiger partial charge on any atom is -0.326 e. The Kier molecular flexibility index (Phi) is 9.39. The van der Waals surface area contributed by atoms with Crippen molar-refractivity contribution in [3.63, 3.8) is 0 Å². The second-order valence-corrected chi connectivity index (χ2v) is 11.8. The zero-order chi connectivity index (χ0) is 32.0. The van der Waals surface area contributed by atoms with Crippen molar-refractivity contribution in [1.82, 2.24) is 0 Å². The van der Waals surface area contributed by atoms with Crippen LogP contribution in [0.1, 0.15) is 21.8 Å². The summed E-state index contributed by atoms with van der Waals surface area (Å²) in [6.45, 7) is 0. The monoisotopic (exact) mass is 705 g/mol. The zero-order valence-electron chi connectivity index (χ0n) is 20.7. The molecule has 43 heavy (non-hydrogen) atoms. The van der Waals surface area contributed by atoms with Gasteiger partial charge in [0, 0.05) is 11.6 Å². The number of hydrogen-bond acceptors (Lipinski definition) is 3. The SMILES string of the molecule is O=C(Nc1ccc(F)c(NC(=O)C(F)(F)C(F)F)c1F)c1cc(NC(=O)[C@H]2[C@H](c3ccc(Cl)c(Cl)c3)C2(Cl)Cl)ccc1Cl. The Hall–Kier alpha value is -2.90.